The highest BCUT2D eigenvalue weighted by molar-refractivity contribution is 5.95. The van der Waals surface area contributed by atoms with Crippen LogP contribution in [0.25, 0.3) is 0 Å². The van der Waals surface area contributed by atoms with E-state index in [9.17, 15) is 9.59 Å². The number of hydrogen-bond donors (Lipinski definition) is 2. The summed E-state index contributed by atoms with van der Waals surface area (Å²) >= 11 is 0. The highest BCUT2D eigenvalue weighted by Gasteiger charge is 2.14. The summed E-state index contributed by atoms with van der Waals surface area (Å²) < 4.78 is 7.22. The Morgan fingerprint density at radius 3 is 2.59 bits per heavy atom. The molecule has 0 saturated carbocycles. The molecule has 172 valence electrons. The maximum Gasteiger partial charge on any atom is 0.294 e. The number of anilines is 2. The zero-order valence-corrected chi connectivity index (χ0v) is 19.2. The van der Waals surface area contributed by atoms with Crippen molar-refractivity contribution < 1.29 is 9.53 Å². The molecule has 8 heteroatoms. The van der Waals surface area contributed by atoms with Crippen LogP contribution in [0.2, 0.25) is 0 Å². The lowest BCUT2D eigenvalue weighted by Crippen LogP contribution is -2.23. The topological polar surface area (TPSA) is 98.1 Å². The van der Waals surface area contributed by atoms with Crippen molar-refractivity contribution >= 4 is 17.3 Å². The summed E-state index contributed by atoms with van der Waals surface area (Å²) in [6, 6.07) is 16.3. The van der Waals surface area contributed by atoms with Gasteiger partial charge in [-0.25, -0.2) is 4.68 Å². The number of benzene rings is 2. The first kappa shape index (κ1) is 22.7. The summed E-state index contributed by atoms with van der Waals surface area (Å²) in [7, 11) is 1.57. The van der Waals surface area contributed by atoms with Crippen molar-refractivity contribution in [2.45, 2.75) is 20.4 Å². The normalized spacial score (nSPS) is 10.6. The fourth-order valence-electron chi connectivity index (χ4n) is 3.29. The predicted octanol–water partition coefficient (Wildman–Crippen LogP) is 4.26. The van der Waals surface area contributed by atoms with Crippen LogP contribution in [0, 0.1) is 13.8 Å². The molecule has 0 spiro atoms. The lowest BCUT2D eigenvalue weighted by atomic mass is 10.1. The van der Waals surface area contributed by atoms with E-state index in [1.54, 1.807) is 43.7 Å². The van der Waals surface area contributed by atoms with Crippen LogP contribution >= 0.6 is 0 Å². The van der Waals surface area contributed by atoms with Gasteiger partial charge in [-0.3, -0.25) is 14.6 Å². The maximum absolute atomic E-state index is 12.9. The van der Waals surface area contributed by atoms with Crippen LogP contribution in [0.5, 0.6) is 11.5 Å². The van der Waals surface area contributed by atoms with Crippen LogP contribution in [0.3, 0.4) is 0 Å². The molecule has 4 rings (SSSR count). The Kier molecular flexibility index (Phi) is 6.68. The fraction of sp³-hybridized carbons (Fsp3) is 0.154. The first-order valence-electron chi connectivity index (χ1n) is 10.8. The highest BCUT2D eigenvalue weighted by atomic mass is 16.5. The summed E-state index contributed by atoms with van der Waals surface area (Å²) in [6.07, 6.45) is 4.85. The molecule has 0 unspecified atom stereocenters. The van der Waals surface area contributed by atoms with Gasteiger partial charge in [0.05, 0.1) is 6.20 Å². The second-order valence-electron chi connectivity index (χ2n) is 7.90. The smallest absolute Gasteiger partial charge is 0.294 e. The minimum atomic E-state index is -0.353. The van der Waals surface area contributed by atoms with Gasteiger partial charge >= 0.3 is 0 Å². The minimum absolute atomic E-state index is 0.227. The van der Waals surface area contributed by atoms with Crippen molar-refractivity contribution in [3.63, 3.8) is 0 Å². The molecule has 0 aliphatic rings. The van der Waals surface area contributed by atoms with E-state index in [1.807, 2.05) is 44.2 Å². The van der Waals surface area contributed by atoms with E-state index >= 15 is 0 Å². The number of carbonyl (C=O) groups excluding carboxylic acids is 1. The van der Waals surface area contributed by atoms with Crippen LogP contribution in [0.4, 0.5) is 11.4 Å². The molecule has 8 nitrogen and oxygen atoms in total. The van der Waals surface area contributed by atoms with Crippen LogP contribution < -0.4 is 20.9 Å². The van der Waals surface area contributed by atoms with Gasteiger partial charge in [0.25, 0.3) is 11.5 Å². The van der Waals surface area contributed by atoms with Gasteiger partial charge in [-0.15, -0.1) is 0 Å². The van der Waals surface area contributed by atoms with Gasteiger partial charge in [0.15, 0.2) is 11.4 Å². The molecule has 34 heavy (non-hydrogen) atoms. The van der Waals surface area contributed by atoms with E-state index in [2.05, 4.69) is 20.7 Å². The van der Waals surface area contributed by atoms with Gasteiger partial charge in [0.1, 0.15) is 5.75 Å². The monoisotopic (exact) mass is 455 g/mol. The van der Waals surface area contributed by atoms with E-state index in [1.165, 1.54) is 10.9 Å². The lowest BCUT2D eigenvalue weighted by molar-refractivity contribution is 0.0951. The predicted molar refractivity (Wildman–Crippen MR) is 131 cm³/mol. The minimum Gasteiger partial charge on any atom is -0.453 e. The number of aryl methyl sites for hydroxylation is 3. The Balaban J connectivity index is 1.56. The summed E-state index contributed by atoms with van der Waals surface area (Å²) in [4.78, 5) is 29.5. The number of hydrogen-bond acceptors (Lipinski definition) is 6. The zero-order chi connectivity index (χ0) is 24.1. The first-order valence-corrected chi connectivity index (χ1v) is 10.8. The molecule has 0 aliphatic heterocycles. The lowest BCUT2D eigenvalue weighted by Gasteiger charge is -2.14. The van der Waals surface area contributed by atoms with E-state index in [4.69, 9.17) is 4.74 Å². The van der Waals surface area contributed by atoms with Crippen LogP contribution in [0.1, 0.15) is 27.0 Å². The molecule has 0 bridgehead atoms. The van der Waals surface area contributed by atoms with E-state index in [0.717, 1.165) is 16.7 Å². The molecule has 0 radical (unpaired) electrons. The van der Waals surface area contributed by atoms with Crippen LogP contribution in [0.15, 0.2) is 78.0 Å². The molecule has 0 atom stereocenters. The average molecular weight is 456 g/mol. The number of carbonyl (C=O) groups is 1. The molecule has 0 aliphatic carbocycles. The number of rotatable bonds is 7. The fourth-order valence-corrected chi connectivity index (χ4v) is 3.29. The molecular weight excluding hydrogens is 430 g/mol. The maximum atomic E-state index is 12.9. The molecule has 4 aromatic rings. The second-order valence-corrected chi connectivity index (χ2v) is 7.90. The van der Waals surface area contributed by atoms with Crippen LogP contribution in [-0.4, -0.2) is 20.7 Å². The van der Waals surface area contributed by atoms with Crippen molar-refractivity contribution in [1.29, 1.82) is 0 Å². The summed E-state index contributed by atoms with van der Waals surface area (Å²) in [5.74, 6) is 0.666. The third kappa shape index (κ3) is 5.29. The standard InChI is InChI=1S/C26H25N5O3/c1-17-7-8-22(13-18(17)2)34-23-16-29-31(3)26(33)24(23)30-21-6-4-5-20(14-21)25(32)28-15-19-9-11-27-12-10-19/h4-14,16,30H,15H2,1-3H3,(H,28,32). The Bertz CT molecular complexity index is 1380. The van der Waals surface area contributed by atoms with Crippen molar-refractivity contribution in [2.24, 2.45) is 7.05 Å². The van der Waals surface area contributed by atoms with E-state index < -0.39 is 0 Å². The van der Waals surface area contributed by atoms with E-state index in [-0.39, 0.29) is 17.2 Å². The average Bonchev–Trinajstić information content (AvgIpc) is 2.85. The van der Waals surface area contributed by atoms with Gasteiger partial charge in [-0.05, 0) is 73.0 Å². The Hall–Kier alpha value is -4.46. The van der Waals surface area contributed by atoms with Gasteiger partial charge < -0.3 is 15.4 Å². The van der Waals surface area contributed by atoms with Gasteiger partial charge in [-0.1, -0.05) is 12.1 Å². The number of nitrogens with zero attached hydrogens (tertiary/aromatic N) is 3. The van der Waals surface area contributed by atoms with Crippen molar-refractivity contribution in [3.8, 4) is 11.5 Å². The number of aromatic nitrogens is 3. The molecule has 2 aromatic heterocycles. The third-order valence-electron chi connectivity index (χ3n) is 5.41. The number of amides is 1. The van der Waals surface area contributed by atoms with E-state index in [0.29, 0.717) is 29.3 Å². The number of pyridine rings is 1. The van der Waals surface area contributed by atoms with Crippen molar-refractivity contribution in [2.75, 3.05) is 5.32 Å². The number of ether oxygens (including phenoxy) is 1. The Labute approximate surface area is 197 Å². The molecule has 1 amide bonds. The van der Waals surface area contributed by atoms with Gasteiger partial charge in [0, 0.05) is 37.2 Å². The van der Waals surface area contributed by atoms with Crippen molar-refractivity contribution in [3.05, 3.63) is 106 Å². The third-order valence-corrected chi connectivity index (χ3v) is 5.41. The highest BCUT2D eigenvalue weighted by Crippen LogP contribution is 2.29. The zero-order valence-electron chi connectivity index (χ0n) is 19.2. The molecule has 0 saturated heterocycles. The second kappa shape index (κ2) is 9.99. The Morgan fingerprint density at radius 1 is 1.03 bits per heavy atom. The molecule has 0 fully saturated rings. The molecule has 2 N–H and O–H groups in total. The van der Waals surface area contributed by atoms with Crippen LogP contribution in [-0.2, 0) is 13.6 Å². The summed E-state index contributed by atoms with van der Waals surface area (Å²) in [6.45, 7) is 4.40. The molecule has 2 aromatic carbocycles. The molecular formula is C26H25N5O3. The SMILES string of the molecule is Cc1ccc(Oc2cnn(C)c(=O)c2Nc2cccc(C(=O)NCc3ccncc3)c2)cc1C. The summed E-state index contributed by atoms with van der Waals surface area (Å²) in [5.41, 5.74) is 4.08. The largest absolute Gasteiger partial charge is 0.453 e. The van der Waals surface area contributed by atoms with Crippen molar-refractivity contribution in [1.82, 2.24) is 20.1 Å². The Morgan fingerprint density at radius 2 is 1.82 bits per heavy atom. The number of nitrogens with one attached hydrogen (secondary N) is 2. The van der Waals surface area contributed by atoms with Gasteiger partial charge in [0.2, 0.25) is 0 Å². The van der Waals surface area contributed by atoms with Gasteiger partial charge in [-0.2, -0.15) is 5.10 Å². The first-order chi connectivity index (χ1) is 16.4. The molecule has 2 heterocycles. The summed E-state index contributed by atoms with van der Waals surface area (Å²) in [5, 5.41) is 10.1. The quantitative estimate of drug-likeness (QED) is 0.432.